The zero-order chi connectivity index (χ0) is 14.6. The van der Waals surface area contributed by atoms with Crippen molar-refractivity contribution in [3.05, 3.63) is 33.9 Å². The van der Waals surface area contributed by atoms with E-state index in [9.17, 15) is 14.9 Å². The Morgan fingerprint density at radius 2 is 2.11 bits per heavy atom. The van der Waals surface area contributed by atoms with E-state index in [0.29, 0.717) is 12.1 Å². The van der Waals surface area contributed by atoms with E-state index in [4.69, 9.17) is 5.73 Å². The van der Waals surface area contributed by atoms with Crippen molar-refractivity contribution in [2.24, 2.45) is 5.73 Å². The van der Waals surface area contributed by atoms with E-state index in [1.165, 1.54) is 25.2 Å². The molecule has 4 N–H and O–H groups in total. The molecule has 1 aromatic carbocycles. The fraction of sp³-hybridized carbons (Fsp3) is 0.417. The number of anilines is 1. The minimum atomic E-state index is -0.517. The van der Waals surface area contributed by atoms with Crippen LogP contribution in [0.15, 0.2) is 18.2 Å². The van der Waals surface area contributed by atoms with Gasteiger partial charge in [-0.25, -0.2) is 0 Å². The molecule has 0 atom stereocenters. The predicted octanol–water partition coefficient (Wildman–Crippen LogP) is 1.10. The van der Waals surface area contributed by atoms with Crippen LogP contribution in [0.2, 0.25) is 0 Å². The van der Waals surface area contributed by atoms with Crippen molar-refractivity contribution >= 4 is 17.3 Å². The van der Waals surface area contributed by atoms with Gasteiger partial charge in [0.15, 0.2) is 0 Å². The van der Waals surface area contributed by atoms with Crippen LogP contribution in [0.3, 0.4) is 0 Å². The molecule has 0 spiro atoms. The average molecular weight is 266 g/mol. The molecule has 0 heterocycles. The Bertz CT molecular complexity index is 494. The molecule has 7 heteroatoms. The van der Waals surface area contributed by atoms with Gasteiger partial charge in [-0.2, -0.15) is 0 Å². The fourth-order valence-electron chi connectivity index (χ4n) is 1.45. The van der Waals surface area contributed by atoms with Crippen molar-refractivity contribution in [1.82, 2.24) is 5.32 Å². The summed E-state index contributed by atoms with van der Waals surface area (Å²) in [6.45, 7) is 3.95. The lowest BCUT2D eigenvalue weighted by atomic mass is 10.1. The van der Waals surface area contributed by atoms with Gasteiger partial charge in [0.25, 0.3) is 11.6 Å². The fourth-order valence-corrected chi connectivity index (χ4v) is 1.45. The van der Waals surface area contributed by atoms with Gasteiger partial charge in [0.05, 0.1) is 4.92 Å². The smallest absolute Gasteiger partial charge is 0.292 e. The minimum absolute atomic E-state index is 0.0862. The molecule has 0 aromatic heterocycles. The summed E-state index contributed by atoms with van der Waals surface area (Å²) in [6.07, 6.45) is 0. The van der Waals surface area contributed by atoms with Crippen molar-refractivity contribution in [2.45, 2.75) is 19.4 Å². The summed E-state index contributed by atoms with van der Waals surface area (Å²) in [5, 5.41) is 16.3. The Balaban J connectivity index is 3.09. The number of nitro benzene ring substituents is 1. The van der Waals surface area contributed by atoms with Gasteiger partial charge in [0, 0.05) is 30.8 Å². The number of benzene rings is 1. The zero-order valence-corrected chi connectivity index (χ0v) is 11.2. The molecular weight excluding hydrogens is 248 g/mol. The van der Waals surface area contributed by atoms with E-state index in [-0.39, 0.29) is 17.3 Å². The monoisotopic (exact) mass is 266 g/mol. The maximum atomic E-state index is 11.5. The van der Waals surface area contributed by atoms with Gasteiger partial charge >= 0.3 is 0 Å². The SMILES string of the molecule is CNC(=O)c1ccc([N+](=O)[O-])c(NCC(C)(C)N)c1. The Labute approximate surface area is 111 Å². The predicted molar refractivity (Wildman–Crippen MR) is 73.2 cm³/mol. The highest BCUT2D eigenvalue weighted by Crippen LogP contribution is 2.25. The molecule has 1 amide bonds. The van der Waals surface area contributed by atoms with Crippen LogP contribution >= 0.6 is 0 Å². The molecule has 0 bridgehead atoms. The molecule has 1 aromatic rings. The molecule has 0 radical (unpaired) electrons. The number of nitro groups is 1. The number of nitrogens with two attached hydrogens (primary N) is 1. The summed E-state index contributed by atoms with van der Waals surface area (Å²) >= 11 is 0. The maximum absolute atomic E-state index is 11.5. The first-order valence-corrected chi connectivity index (χ1v) is 5.78. The second kappa shape index (κ2) is 5.66. The van der Waals surface area contributed by atoms with Crippen molar-refractivity contribution in [2.75, 3.05) is 18.9 Å². The molecule has 104 valence electrons. The van der Waals surface area contributed by atoms with Crippen molar-refractivity contribution < 1.29 is 9.72 Å². The zero-order valence-electron chi connectivity index (χ0n) is 11.2. The Hall–Kier alpha value is -2.15. The summed E-state index contributed by atoms with van der Waals surface area (Å²) in [6, 6.07) is 4.16. The van der Waals surface area contributed by atoms with Crippen LogP contribution in [-0.4, -0.2) is 30.0 Å². The molecule has 0 aliphatic heterocycles. The van der Waals surface area contributed by atoms with Gasteiger partial charge in [-0.05, 0) is 26.0 Å². The molecular formula is C12H18N4O3. The van der Waals surface area contributed by atoms with Gasteiger partial charge in [-0.15, -0.1) is 0 Å². The number of amides is 1. The highest BCUT2D eigenvalue weighted by molar-refractivity contribution is 5.95. The lowest BCUT2D eigenvalue weighted by Crippen LogP contribution is -2.39. The van der Waals surface area contributed by atoms with Crippen LogP contribution in [0.1, 0.15) is 24.2 Å². The van der Waals surface area contributed by atoms with E-state index >= 15 is 0 Å². The van der Waals surface area contributed by atoms with Crippen LogP contribution in [-0.2, 0) is 0 Å². The number of rotatable bonds is 5. The molecule has 0 saturated heterocycles. The number of hydrogen-bond donors (Lipinski definition) is 3. The highest BCUT2D eigenvalue weighted by Gasteiger charge is 2.18. The molecule has 1 rings (SSSR count). The van der Waals surface area contributed by atoms with Gasteiger partial charge in [-0.1, -0.05) is 0 Å². The van der Waals surface area contributed by atoms with Crippen LogP contribution in [0.5, 0.6) is 0 Å². The second-order valence-electron chi connectivity index (χ2n) is 4.91. The highest BCUT2D eigenvalue weighted by atomic mass is 16.6. The third-order valence-corrected chi connectivity index (χ3v) is 2.42. The summed E-state index contributed by atoms with van der Waals surface area (Å²) in [5.74, 6) is -0.301. The van der Waals surface area contributed by atoms with Crippen LogP contribution in [0.4, 0.5) is 11.4 Å². The first-order chi connectivity index (χ1) is 8.74. The van der Waals surface area contributed by atoms with Crippen molar-refractivity contribution in [3.63, 3.8) is 0 Å². The first kappa shape index (κ1) is 14.9. The molecule has 0 unspecified atom stereocenters. The summed E-state index contributed by atoms with van der Waals surface area (Å²) < 4.78 is 0. The largest absolute Gasteiger partial charge is 0.378 e. The van der Waals surface area contributed by atoms with E-state index < -0.39 is 10.5 Å². The number of carbonyl (C=O) groups excluding carboxylic acids is 1. The number of nitrogens with one attached hydrogen (secondary N) is 2. The average Bonchev–Trinajstić information content (AvgIpc) is 2.34. The van der Waals surface area contributed by atoms with Gasteiger partial charge < -0.3 is 16.4 Å². The molecule has 19 heavy (non-hydrogen) atoms. The number of nitrogens with zero attached hydrogens (tertiary/aromatic N) is 1. The summed E-state index contributed by atoms with van der Waals surface area (Å²) in [5.41, 5.74) is 5.85. The third-order valence-electron chi connectivity index (χ3n) is 2.42. The standard InChI is InChI=1S/C12H18N4O3/c1-12(2,13)7-15-9-6-8(11(17)14-3)4-5-10(9)16(18)19/h4-6,15H,7,13H2,1-3H3,(H,14,17). The first-order valence-electron chi connectivity index (χ1n) is 5.78. The lowest BCUT2D eigenvalue weighted by molar-refractivity contribution is -0.384. The van der Waals surface area contributed by atoms with Crippen LogP contribution in [0.25, 0.3) is 0 Å². The molecule has 7 nitrogen and oxygen atoms in total. The normalized spacial score (nSPS) is 10.9. The second-order valence-corrected chi connectivity index (χ2v) is 4.91. The number of hydrogen-bond acceptors (Lipinski definition) is 5. The van der Waals surface area contributed by atoms with E-state index in [0.717, 1.165) is 0 Å². The molecule has 0 fully saturated rings. The lowest BCUT2D eigenvalue weighted by Gasteiger charge is -2.19. The van der Waals surface area contributed by atoms with E-state index in [2.05, 4.69) is 10.6 Å². The Morgan fingerprint density at radius 1 is 1.47 bits per heavy atom. The maximum Gasteiger partial charge on any atom is 0.292 e. The Morgan fingerprint density at radius 3 is 2.58 bits per heavy atom. The summed E-state index contributed by atoms with van der Waals surface area (Å²) in [4.78, 5) is 21.9. The topological polar surface area (TPSA) is 110 Å². The third kappa shape index (κ3) is 4.22. The Kier molecular flexibility index (Phi) is 4.44. The van der Waals surface area contributed by atoms with Crippen LogP contribution < -0.4 is 16.4 Å². The minimum Gasteiger partial charge on any atom is -0.378 e. The van der Waals surface area contributed by atoms with Crippen LogP contribution in [0, 0.1) is 10.1 Å². The molecule has 0 aliphatic rings. The quantitative estimate of drug-likeness (QED) is 0.546. The van der Waals surface area contributed by atoms with Crippen molar-refractivity contribution in [1.29, 1.82) is 0 Å². The van der Waals surface area contributed by atoms with E-state index in [1.807, 2.05) is 0 Å². The molecule has 0 saturated carbocycles. The number of carbonyl (C=O) groups is 1. The molecule has 0 aliphatic carbocycles. The van der Waals surface area contributed by atoms with E-state index in [1.54, 1.807) is 13.8 Å². The van der Waals surface area contributed by atoms with Gasteiger partial charge in [0.1, 0.15) is 5.69 Å². The summed E-state index contributed by atoms with van der Waals surface area (Å²) in [7, 11) is 1.50. The van der Waals surface area contributed by atoms with Gasteiger partial charge in [0.2, 0.25) is 0 Å². The van der Waals surface area contributed by atoms with Crippen molar-refractivity contribution in [3.8, 4) is 0 Å². The van der Waals surface area contributed by atoms with Gasteiger partial charge in [-0.3, -0.25) is 14.9 Å².